The lowest BCUT2D eigenvalue weighted by Crippen LogP contribution is -2.40. The van der Waals surface area contributed by atoms with Crippen molar-refractivity contribution in [3.8, 4) is 5.75 Å². The molecule has 4 aliphatic rings. The number of nitrogens with zero attached hydrogens (tertiary/aromatic N) is 3. The molecule has 0 radical (unpaired) electrons. The first-order chi connectivity index (χ1) is 19.4. The van der Waals surface area contributed by atoms with Gasteiger partial charge in [0.25, 0.3) is 0 Å². The molecule has 210 valence electrons. The summed E-state index contributed by atoms with van der Waals surface area (Å²) in [6.45, 7) is 6.66. The fourth-order valence-electron chi connectivity index (χ4n) is 6.65. The summed E-state index contributed by atoms with van der Waals surface area (Å²) in [5.74, 6) is 0.773. The number of carbonyl (C=O) groups is 1. The maximum absolute atomic E-state index is 12.5. The topological polar surface area (TPSA) is 65.5 Å². The van der Waals surface area contributed by atoms with E-state index in [0.29, 0.717) is 37.2 Å². The van der Waals surface area contributed by atoms with Crippen molar-refractivity contribution in [2.45, 2.75) is 58.4 Å². The van der Waals surface area contributed by atoms with Gasteiger partial charge < -0.3 is 19.5 Å². The van der Waals surface area contributed by atoms with Crippen LogP contribution in [-0.4, -0.2) is 58.4 Å². The van der Waals surface area contributed by atoms with Gasteiger partial charge in [0.1, 0.15) is 12.0 Å². The number of rotatable bonds is 5. The van der Waals surface area contributed by atoms with Crippen LogP contribution in [0.25, 0.3) is 10.8 Å². The lowest BCUT2D eigenvalue weighted by atomic mass is 9.87. The molecule has 0 aromatic heterocycles. The highest BCUT2D eigenvalue weighted by Crippen LogP contribution is 2.45. The second kappa shape index (κ2) is 11.1. The Labute approximate surface area is 240 Å². The quantitative estimate of drug-likeness (QED) is 0.382. The van der Waals surface area contributed by atoms with Gasteiger partial charge in [0.15, 0.2) is 0 Å². The first-order valence-electron chi connectivity index (χ1n) is 14.2. The normalized spacial score (nSPS) is 22.4. The summed E-state index contributed by atoms with van der Waals surface area (Å²) in [6, 6.07) is 12.0. The van der Waals surface area contributed by atoms with Gasteiger partial charge in [-0.15, -0.1) is 0 Å². The Balaban J connectivity index is 1.29. The van der Waals surface area contributed by atoms with E-state index < -0.39 is 6.09 Å². The lowest BCUT2D eigenvalue weighted by Gasteiger charge is -2.33. The first kappa shape index (κ1) is 26.6. The molecule has 1 fully saturated rings. The molecule has 6 rings (SSSR count). The molecule has 0 saturated carbocycles. The molecular formula is C32H36ClN3O4. The summed E-state index contributed by atoms with van der Waals surface area (Å²) in [7, 11) is 0. The minimum absolute atomic E-state index is 0.324. The molecule has 0 spiro atoms. The van der Waals surface area contributed by atoms with E-state index in [0.717, 1.165) is 66.4 Å². The summed E-state index contributed by atoms with van der Waals surface area (Å²) in [4.78, 5) is 15.0. The highest BCUT2D eigenvalue weighted by molar-refractivity contribution is 6.35. The van der Waals surface area contributed by atoms with E-state index in [2.05, 4.69) is 18.7 Å². The third-order valence-corrected chi connectivity index (χ3v) is 8.77. The average molecular weight is 562 g/mol. The van der Waals surface area contributed by atoms with Crippen molar-refractivity contribution >= 4 is 28.5 Å². The van der Waals surface area contributed by atoms with Crippen LogP contribution in [0.2, 0.25) is 5.02 Å². The third-order valence-electron chi connectivity index (χ3n) is 8.44. The molecule has 1 atom stereocenters. The number of amides is 1. The van der Waals surface area contributed by atoms with Gasteiger partial charge in [0, 0.05) is 52.6 Å². The Kier molecular flexibility index (Phi) is 7.41. The zero-order valence-corrected chi connectivity index (χ0v) is 23.9. The molecule has 8 heteroatoms. The van der Waals surface area contributed by atoms with E-state index >= 15 is 0 Å². The molecule has 1 unspecified atom stereocenters. The van der Waals surface area contributed by atoms with Gasteiger partial charge in [0.05, 0.1) is 25.1 Å². The number of hydrazine groups is 1. The second-order valence-corrected chi connectivity index (χ2v) is 11.5. The molecule has 1 saturated heterocycles. The monoisotopic (exact) mass is 561 g/mol. The summed E-state index contributed by atoms with van der Waals surface area (Å²) in [6.07, 6.45) is 8.43. The van der Waals surface area contributed by atoms with E-state index in [1.807, 2.05) is 47.7 Å². The molecule has 1 amide bonds. The van der Waals surface area contributed by atoms with Gasteiger partial charge >= 0.3 is 6.09 Å². The molecule has 2 aromatic carbocycles. The highest BCUT2D eigenvalue weighted by atomic mass is 35.5. The van der Waals surface area contributed by atoms with E-state index in [9.17, 15) is 9.90 Å². The number of hydrogen-bond donors (Lipinski definition) is 1. The van der Waals surface area contributed by atoms with Crippen molar-refractivity contribution in [1.29, 1.82) is 0 Å². The number of ether oxygens (including phenoxy) is 2. The maximum Gasteiger partial charge on any atom is 0.426 e. The Morgan fingerprint density at radius 2 is 1.93 bits per heavy atom. The molecule has 0 bridgehead atoms. The van der Waals surface area contributed by atoms with Crippen LogP contribution in [0.4, 0.5) is 4.79 Å². The van der Waals surface area contributed by atoms with Crippen molar-refractivity contribution in [2.75, 3.05) is 26.2 Å². The van der Waals surface area contributed by atoms with Crippen LogP contribution in [0.3, 0.4) is 0 Å². The maximum atomic E-state index is 12.5. The van der Waals surface area contributed by atoms with Crippen LogP contribution in [0.15, 0.2) is 82.6 Å². The Bertz CT molecular complexity index is 1460. The largest absolute Gasteiger partial charge is 0.493 e. The molecule has 40 heavy (non-hydrogen) atoms. The molecule has 2 aromatic rings. The Morgan fingerprint density at radius 3 is 2.77 bits per heavy atom. The summed E-state index contributed by atoms with van der Waals surface area (Å²) in [5.41, 5.74) is 7.23. The molecular weight excluding hydrogens is 526 g/mol. The average Bonchev–Trinajstić information content (AvgIpc) is 3.53. The van der Waals surface area contributed by atoms with Crippen LogP contribution >= 0.6 is 11.6 Å². The SMILES string of the molecule is C/C1=C/OC=C2C(=C3CCCC4=C3N(CC4)C(C)C1)CN(C(=O)O)N2CCCOc1cccc2c(Cl)cccc12. The first-order valence-corrected chi connectivity index (χ1v) is 14.6. The Hall–Kier alpha value is -3.58. The van der Waals surface area contributed by atoms with Crippen LogP contribution in [0.5, 0.6) is 5.75 Å². The van der Waals surface area contributed by atoms with Crippen molar-refractivity contribution in [3.63, 3.8) is 0 Å². The van der Waals surface area contributed by atoms with Crippen molar-refractivity contribution in [2.24, 2.45) is 0 Å². The van der Waals surface area contributed by atoms with Gasteiger partial charge in [0.2, 0.25) is 0 Å². The molecule has 1 N–H and O–H groups in total. The molecule has 7 nitrogen and oxygen atoms in total. The highest BCUT2D eigenvalue weighted by Gasteiger charge is 2.40. The number of hydrogen-bond acceptors (Lipinski definition) is 5. The standard InChI is InChI=1S/C32H36ClN3O4/c1-21-17-22(2)34-15-13-23-7-3-10-26(31(23)34)27-18-36(32(37)38)35(29(27)20-39-19-21)14-6-16-40-30-12-5-8-24-25(30)9-4-11-28(24)33/h4-5,8-9,11-12,19-20,22H,3,6-7,10,13-18H2,1-2H3,(H,37,38)/b21-19-,27-26?,29-20?. The van der Waals surface area contributed by atoms with Crippen LogP contribution in [0, 0.1) is 0 Å². The minimum atomic E-state index is -0.966. The van der Waals surface area contributed by atoms with Gasteiger partial charge in [-0.2, -0.15) is 0 Å². The smallest absolute Gasteiger partial charge is 0.426 e. The molecule has 3 aliphatic heterocycles. The number of allylic oxidation sites excluding steroid dienone is 1. The summed E-state index contributed by atoms with van der Waals surface area (Å²) in [5, 5.41) is 16.1. The summed E-state index contributed by atoms with van der Waals surface area (Å²) < 4.78 is 12.2. The van der Waals surface area contributed by atoms with Crippen molar-refractivity contribution in [1.82, 2.24) is 14.9 Å². The van der Waals surface area contributed by atoms with Crippen molar-refractivity contribution < 1.29 is 19.4 Å². The fraction of sp³-hybridized carbons (Fsp3) is 0.406. The summed E-state index contributed by atoms with van der Waals surface area (Å²) >= 11 is 6.38. The molecule has 3 heterocycles. The van der Waals surface area contributed by atoms with E-state index in [1.54, 1.807) is 6.26 Å². The number of benzene rings is 2. The number of halogens is 1. The van der Waals surface area contributed by atoms with Crippen LogP contribution in [-0.2, 0) is 4.74 Å². The van der Waals surface area contributed by atoms with Crippen molar-refractivity contribution in [3.05, 3.63) is 87.6 Å². The van der Waals surface area contributed by atoms with Gasteiger partial charge in [-0.3, -0.25) is 5.01 Å². The van der Waals surface area contributed by atoms with E-state index in [-0.39, 0.29) is 0 Å². The van der Waals surface area contributed by atoms with Crippen LogP contribution in [0.1, 0.15) is 52.4 Å². The van der Waals surface area contributed by atoms with Gasteiger partial charge in [-0.1, -0.05) is 35.9 Å². The Morgan fingerprint density at radius 1 is 1.10 bits per heavy atom. The van der Waals surface area contributed by atoms with E-state index in [4.69, 9.17) is 21.1 Å². The van der Waals surface area contributed by atoms with Crippen LogP contribution < -0.4 is 4.74 Å². The zero-order valence-electron chi connectivity index (χ0n) is 23.2. The third kappa shape index (κ3) is 4.92. The molecule has 1 aliphatic carbocycles. The van der Waals surface area contributed by atoms with Gasteiger partial charge in [-0.05, 0) is 74.8 Å². The number of carboxylic acid groups (broad SMARTS) is 1. The zero-order chi connectivity index (χ0) is 27.8. The van der Waals surface area contributed by atoms with E-state index in [1.165, 1.54) is 27.4 Å². The fourth-order valence-corrected chi connectivity index (χ4v) is 6.89. The lowest BCUT2D eigenvalue weighted by molar-refractivity contribution is 0.0443. The number of fused-ring (bicyclic) bond motifs is 2. The van der Waals surface area contributed by atoms with Gasteiger partial charge in [-0.25, -0.2) is 9.80 Å². The predicted molar refractivity (Wildman–Crippen MR) is 157 cm³/mol. The second-order valence-electron chi connectivity index (χ2n) is 11.1. The minimum Gasteiger partial charge on any atom is -0.493 e. The predicted octanol–water partition coefficient (Wildman–Crippen LogP) is 7.47.